The van der Waals surface area contributed by atoms with Crippen LogP contribution in [0.2, 0.25) is 0 Å². The van der Waals surface area contributed by atoms with E-state index in [0.717, 1.165) is 12.1 Å². The van der Waals surface area contributed by atoms with Crippen LogP contribution in [0.25, 0.3) is 5.69 Å². The van der Waals surface area contributed by atoms with Crippen molar-refractivity contribution in [3.8, 4) is 5.69 Å². The van der Waals surface area contributed by atoms with Crippen molar-refractivity contribution in [2.75, 3.05) is 6.54 Å². The summed E-state index contributed by atoms with van der Waals surface area (Å²) in [5.74, 6) is 0. The fraction of sp³-hybridized carbons (Fsp3) is 0.364. The first-order valence-electron chi connectivity index (χ1n) is 5.91. The molecule has 18 heavy (non-hydrogen) atoms. The van der Waals surface area contributed by atoms with Crippen LogP contribution in [-0.2, 0) is 0 Å². The van der Waals surface area contributed by atoms with Gasteiger partial charge < -0.3 is 5.73 Å². The van der Waals surface area contributed by atoms with E-state index in [1.54, 1.807) is 11.0 Å². The molecule has 1 fully saturated rings. The molecule has 0 bridgehead atoms. The molecule has 1 aromatic carbocycles. The Kier molecular flexibility index (Phi) is 3.01. The van der Waals surface area contributed by atoms with Gasteiger partial charge >= 0.3 is 0 Å². The number of aromatic nitrogens is 4. The summed E-state index contributed by atoms with van der Waals surface area (Å²) in [6, 6.07) is 8.74. The summed E-state index contributed by atoms with van der Waals surface area (Å²) < 4.78 is 1.65. The maximum atomic E-state index is 5.65. The first kappa shape index (κ1) is 11.3. The summed E-state index contributed by atoms with van der Waals surface area (Å²) in [4.78, 5) is 0. The van der Waals surface area contributed by atoms with Gasteiger partial charge in [-0.3, -0.25) is 5.43 Å². The highest BCUT2D eigenvalue weighted by Gasteiger charge is 2.23. The van der Waals surface area contributed by atoms with Crippen molar-refractivity contribution < 1.29 is 0 Å². The number of hydrazine groups is 1. The third-order valence-corrected chi connectivity index (χ3v) is 3.15. The van der Waals surface area contributed by atoms with E-state index in [2.05, 4.69) is 38.5 Å². The number of nitrogens with one attached hydrogen (secondary N) is 2. The van der Waals surface area contributed by atoms with Crippen LogP contribution in [0.1, 0.15) is 18.0 Å². The summed E-state index contributed by atoms with van der Waals surface area (Å²) in [6.45, 7) is 0.635. The number of hydrogen-bond donors (Lipinski definition) is 3. The highest BCUT2D eigenvalue weighted by molar-refractivity contribution is 5.36. The average Bonchev–Trinajstić information content (AvgIpc) is 3.10. The fourth-order valence-electron chi connectivity index (χ4n) is 2.16. The molecule has 7 heteroatoms. The molecular weight excluding hydrogens is 230 g/mol. The van der Waals surface area contributed by atoms with Crippen LogP contribution in [0.5, 0.6) is 0 Å². The Labute approximate surface area is 104 Å². The minimum atomic E-state index is 0.273. The fourth-order valence-corrected chi connectivity index (χ4v) is 2.16. The zero-order chi connectivity index (χ0) is 12.4. The van der Waals surface area contributed by atoms with E-state index in [4.69, 9.17) is 5.73 Å². The maximum Gasteiger partial charge on any atom is 0.143 e. The molecule has 0 saturated carbocycles. The van der Waals surface area contributed by atoms with Crippen LogP contribution in [0.15, 0.2) is 30.6 Å². The van der Waals surface area contributed by atoms with Crippen LogP contribution < -0.4 is 16.6 Å². The van der Waals surface area contributed by atoms with E-state index in [9.17, 15) is 0 Å². The molecule has 0 aliphatic carbocycles. The number of nitrogens with two attached hydrogens (primary N) is 1. The molecule has 1 aliphatic heterocycles. The number of rotatable bonds is 3. The number of hydrogen-bond acceptors (Lipinski definition) is 6. The van der Waals surface area contributed by atoms with Crippen LogP contribution in [0.4, 0.5) is 0 Å². The van der Waals surface area contributed by atoms with Crippen molar-refractivity contribution in [1.29, 1.82) is 0 Å². The van der Waals surface area contributed by atoms with Gasteiger partial charge in [0.25, 0.3) is 0 Å². The van der Waals surface area contributed by atoms with E-state index in [0.29, 0.717) is 12.6 Å². The van der Waals surface area contributed by atoms with Crippen molar-refractivity contribution in [2.45, 2.75) is 18.5 Å². The van der Waals surface area contributed by atoms with E-state index < -0.39 is 0 Å². The zero-order valence-corrected chi connectivity index (χ0v) is 9.82. The summed E-state index contributed by atoms with van der Waals surface area (Å²) in [6.07, 6.45) is 2.57. The van der Waals surface area contributed by atoms with Gasteiger partial charge in [0.05, 0.1) is 5.69 Å². The molecule has 0 amide bonds. The second kappa shape index (κ2) is 4.81. The predicted molar refractivity (Wildman–Crippen MR) is 65.6 cm³/mol. The van der Waals surface area contributed by atoms with Gasteiger partial charge in [-0.1, -0.05) is 12.1 Å². The van der Waals surface area contributed by atoms with E-state index in [1.807, 2.05) is 12.1 Å². The average molecular weight is 245 g/mol. The number of tetrazole rings is 1. The molecule has 4 N–H and O–H groups in total. The Bertz CT molecular complexity index is 510. The van der Waals surface area contributed by atoms with Gasteiger partial charge in [0.15, 0.2) is 0 Å². The lowest BCUT2D eigenvalue weighted by Crippen LogP contribution is -2.35. The van der Waals surface area contributed by atoms with Gasteiger partial charge in [-0.15, -0.1) is 5.10 Å². The molecule has 94 valence electrons. The minimum Gasteiger partial charge on any atom is -0.329 e. The normalized spacial score (nSPS) is 23.4. The third-order valence-electron chi connectivity index (χ3n) is 3.15. The standard InChI is InChI=1S/C11H15N7/c12-6-9-5-11(15-14-9)8-2-1-3-10(4-8)18-7-13-16-17-18/h1-4,7,9,11,14-15H,5-6,12H2. The van der Waals surface area contributed by atoms with E-state index >= 15 is 0 Å². The molecule has 2 atom stereocenters. The first-order chi connectivity index (χ1) is 8.86. The third kappa shape index (κ3) is 2.10. The van der Waals surface area contributed by atoms with Crippen LogP contribution in [0, 0.1) is 0 Å². The Morgan fingerprint density at radius 3 is 3.06 bits per heavy atom. The van der Waals surface area contributed by atoms with Gasteiger partial charge in [0.1, 0.15) is 6.33 Å². The molecule has 7 nitrogen and oxygen atoms in total. The second-order valence-corrected chi connectivity index (χ2v) is 4.36. The summed E-state index contributed by atoms with van der Waals surface area (Å²) >= 11 is 0. The van der Waals surface area contributed by atoms with Crippen molar-refractivity contribution in [1.82, 2.24) is 31.1 Å². The SMILES string of the molecule is NCC1CC(c2cccc(-n3cnnn3)c2)NN1. The number of benzene rings is 1. The minimum absolute atomic E-state index is 0.273. The van der Waals surface area contributed by atoms with Crippen molar-refractivity contribution in [2.24, 2.45) is 5.73 Å². The Hall–Kier alpha value is -1.83. The number of nitrogens with zero attached hydrogens (tertiary/aromatic N) is 4. The van der Waals surface area contributed by atoms with Crippen LogP contribution >= 0.6 is 0 Å². The van der Waals surface area contributed by atoms with Gasteiger partial charge in [-0.2, -0.15) is 0 Å². The van der Waals surface area contributed by atoms with Crippen molar-refractivity contribution in [3.63, 3.8) is 0 Å². The second-order valence-electron chi connectivity index (χ2n) is 4.36. The van der Waals surface area contributed by atoms with E-state index in [1.165, 1.54) is 5.56 Å². The monoisotopic (exact) mass is 245 g/mol. The molecule has 2 aromatic rings. The smallest absolute Gasteiger partial charge is 0.143 e. The molecule has 3 rings (SSSR count). The zero-order valence-electron chi connectivity index (χ0n) is 9.82. The first-order valence-corrected chi connectivity index (χ1v) is 5.91. The lowest BCUT2D eigenvalue weighted by molar-refractivity contribution is 0.546. The van der Waals surface area contributed by atoms with Gasteiger partial charge in [-0.05, 0) is 34.5 Å². The van der Waals surface area contributed by atoms with Crippen LogP contribution in [-0.4, -0.2) is 32.8 Å². The molecule has 1 saturated heterocycles. The lowest BCUT2D eigenvalue weighted by Gasteiger charge is -2.11. The topological polar surface area (TPSA) is 93.7 Å². The largest absolute Gasteiger partial charge is 0.329 e. The lowest BCUT2D eigenvalue weighted by atomic mass is 10.0. The van der Waals surface area contributed by atoms with Crippen molar-refractivity contribution >= 4 is 0 Å². The Morgan fingerprint density at radius 2 is 2.33 bits per heavy atom. The van der Waals surface area contributed by atoms with Gasteiger partial charge in [-0.25, -0.2) is 10.1 Å². The highest BCUT2D eigenvalue weighted by atomic mass is 15.5. The highest BCUT2D eigenvalue weighted by Crippen LogP contribution is 2.23. The predicted octanol–water partition coefficient (Wildman–Crippen LogP) is -0.471. The summed E-state index contributed by atoms with van der Waals surface area (Å²) in [7, 11) is 0. The van der Waals surface area contributed by atoms with E-state index in [-0.39, 0.29) is 6.04 Å². The van der Waals surface area contributed by atoms with Crippen molar-refractivity contribution in [3.05, 3.63) is 36.2 Å². The molecular formula is C11H15N7. The van der Waals surface area contributed by atoms with Gasteiger partial charge in [0, 0.05) is 18.6 Å². The Balaban J connectivity index is 1.84. The summed E-state index contributed by atoms with van der Waals surface area (Å²) in [5.41, 5.74) is 14.2. The molecule has 0 spiro atoms. The quantitative estimate of drug-likeness (QED) is 0.677. The molecule has 0 radical (unpaired) electrons. The summed E-state index contributed by atoms with van der Waals surface area (Å²) in [5, 5.41) is 11.2. The molecule has 1 aliphatic rings. The molecule has 2 heterocycles. The Morgan fingerprint density at radius 1 is 1.39 bits per heavy atom. The molecule has 2 unspecified atom stereocenters. The van der Waals surface area contributed by atoms with Gasteiger partial charge in [0.2, 0.25) is 0 Å². The molecule has 1 aromatic heterocycles. The van der Waals surface area contributed by atoms with Crippen LogP contribution in [0.3, 0.4) is 0 Å². The maximum absolute atomic E-state index is 5.65.